The molecule has 2 aliphatic rings. The van der Waals surface area contributed by atoms with Crippen molar-refractivity contribution in [3.05, 3.63) is 93.0 Å². The fourth-order valence-corrected chi connectivity index (χ4v) is 5.09. The molecule has 1 saturated heterocycles. The fraction of sp³-hybridized carbons (Fsp3) is 0.222. The Morgan fingerprint density at radius 3 is 2.48 bits per heavy atom. The second kappa shape index (κ2) is 10.1. The molecule has 3 aromatic carbocycles. The van der Waals surface area contributed by atoms with Crippen molar-refractivity contribution in [2.75, 3.05) is 24.2 Å². The SMILES string of the molecule is CN1C[C@@H](Nc2cc(NC(=O)c3cc(F)cc(C(F)(F)F)c3)c3c(c2)C(=O)NC3c2cc(F)ccc2Cl)CC1=O. The molecule has 13 heteroatoms. The Morgan fingerprint density at radius 1 is 1.05 bits per heavy atom. The molecule has 5 rings (SSSR count). The number of anilines is 2. The molecular weight excluding hydrogens is 559 g/mol. The number of carbonyl (C=O) groups excluding carboxylic acids is 3. The molecule has 208 valence electrons. The van der Waals surface area contributed by atoms with Gasteiger partial charge in [-0.25, -0.2) is 8.78 Å². The van der Waals surface area contributed by atoms with Gasteiger partial charge < -0.3 is 20.9 Å². The van der Waals surface area contributed by atoms with Gasteiger partial charge in [0.2, 0.25) is 5.91 Å². The first-order valence-corrected chi connectivity index (χ1v) is 12.3. The fourth-order valence-electron chi connectivity index (χ4n) is 4.86. The molecule has 0 aromatic heterocycles. The monoisotopic (exact) mass is 578 g/mol. The summed E-state index contributed by atoms with van der Waals surface area (Å²) >= 11 is 6.29. The summed E-state index contributed by atoms with van der Waals surface area (Å²) in [5, 5.41) is 8.42. The van der Waals surface area contributed by atoms with E-state index >= 15 is 0 Å². The lowest BCUT2D eigenvalue weighted by Crippen LogP contribution is -2.24. The summed E-state index contributed by atoms with van der Waals surface area (Å²) in [6.45, 7) is 0.370. The average molecular weight is 579 g/mol. The highest BCUT2D eigenvalue weighted by atomic mass is 35.5. The van der Waals surface area contributed by atoms with Crippen molar-refractivity contribution in [1.82, 2.24) is 10.2 Å². The number of benzene rings is 3. The standard InChI is InChI=1S/C27H20ClF5N4O3/c1-37-11-17(10-22(37)38)34-16-8-19-23(24(36-26(19)40)18-7-14(29)2-3-20(18)28)21(9-16)35-25(39)12-4-13(27(31,32)33)6-15(30)5-12/h2-9,17,24,34H,10-11H2,1H3,(H,35,39)(H,36,40)/t17-,24?/m0/s1. The second-order valence-electron chi connectivity index (χ2n) is 9.56. The molecule has 2 aliphatic heterocycles. The zero-order valence-corrected chi connectivity index (χ0v) is 21.4. The number of nitrogens with one attached hydrogen (secondary N) is 3. The number of rotatable bonds is 5. The summed E-state index contributed by atoms with van der Waals surface area (Å²) in [4.78, 5) is 39.6. The van der Waals surface area contributed by atoms with Crippen molar-refractivity contribution in [2.24, 2.45) is 0 Å². The van der Waals surface area contributed by atoms with Gasteiger partial charge in [-0.3, -0.25) is 14.4 Å². The predicted molar refractivity (Wildman–Crippen MR) is 136 cm³/mol. The highest BCUT2D eigenvalue weighted by Crippen LogP contribution is 2.41. The maximum atomic E-state index is 14.1. The number of halogens is 6. The summed E-state index contributed by atoms with van der Waals surface area (Å²) < 4.78 is 67.9. The van der Waals surface area contributed by atoms with E-state index in [1.54, 1.807) is 7.05 Å². The molecule has 3 amide bonds. The summed E-state index contributed by atoms with van der Waals surface area (Å²) in [5.41, 5.74) is -1.20. The van der Waals surface area contributed by atoms with Crippen molar-refractivity contribution in [1.29, 1.82) is 0 Å². The van der Waals surface area contributed by atoms with Gasteiger partial charge in [0.05, 0.1) is 17.6 Å². The van der Waals surface area contributed by atoms with Crippen LogP contribution in [0.15, 0.2) is 48.5 Å². The lowest BCUT2D eigenvalue weighted by molar-refractivity contribution is -0.137. The van der Waals surface area contributed by atoms with Crippen LogP contribution >= 0.6 is 11.6 Å². The van der Waals surface area contributed by atoms with E-state index in [9.17, 15) is 36.3 Å². The zero-order valence-electron chi connectivity index (χ0n) is 20.6. The van der Waals surface area contributed by atoms with Crippen molar-refractivity contribution in [2.45, 2.75) is 24.7 Å². The minimum atomic E-state index is -4.90. The van der Waals surface area contributed by atoms with Gasteiger partial charge in [-0.05, 0) is 48.5 Å². The average Bonchev–Trinajstić information content (AvgIpc) is 3.37. The van der Waals surface area contributed by atoms with E-state index in [2.05, 4.69) is 16.0 Å². The molecule has 2 atom stereocenters. The van der Waals surface area contributed by atoms with Crippen LogP contribution in [0, 0.1) is 11.6 Å². The minimum absolute atomic E-state index is 0.0100. The van der Waals surface area contributed by atoms with E-state index in [0.29, 0.717) is 24.4 Å². The molecule has 0 spiro atoms. The number of carbonyl (C=O) groups is 3. The molecule has 0 aliphatic carbocycles. The Hall–Kier alpha value is -4.19. The van der Waals surface area contributed by atoms with Crippen LogP contribution in [-0.4, -0.2) is 42.3 Å². The van der Waals surface area contributed by atoms with Crippen LogP contribution in [0.4, 0.5) is 33.3 Å². The quantitative estimate of drug-likeness (QED) is 0.355. The third-order valence-electron chi connectivity index (χ3n) is 6.71. The maximum Gasteiger partial charge on any atom is 0.416 e. The van der Waals surface area contributed by atoms with Gasteiger partial charge in [0.15, 0.2) is 0 Å². The van der Waals surface area contributed by atoms with Crippen LogP contribution in [0.2, 0.25) is 5.02 Å². The largest absolute Gasteiger partial charge is 0.416 e. The van der Waals surface area contributed by atoms with Gasteiger partial charge in [-0.15, -0.1) is 0 Å². The number of fused-ring (bicyclic) bond motifs is 1. The van der Waals surface area contributed by atoms with Crippen molar-refractivity contribution in [3.63, 3.8) is 0 Å². The Morgan fingerprint density at radius 2 is 1.80 bits per heavy atom. The molecular formula is C27H20ClF5N4O3. The molecule has 0 radical (unpaired) electrons. The highest BCUT2D eigenvalue weighted by Gasteiger charge is 2.36. The maximum absolute atomic E-state index is 14.1. The van der Waals surface area contributed by atoms with Crippen molar-refractivity contribution < 1.29 is 36.3 Å². The van der Waals surface area contributed by atoms with Gasteiger partial charge in [0.25, 0.3) is 11.8 Å². The summed E-state index contributed by atoms with van der Waals surface area (Å²) in [6.07, 6.45) is -4.73. The number of likely N-dealkylation sites (tertiary alicyclic amines) is 1. The molecule has 7 nitrogen and oxygen atoms in total. The molecule has 3 aromatic rings. The lowest BCUT2D eigenvalue weighted by Gasteiger charge is -2.20. The van der Waals surface area contributed by atoms with Gasteiger partial charge in [0.1, 0.15) is 11.6 Å². The van der Waals surface area contributed by atoms with Crippen LogP contribution < -0.4 is 16.0 Å². The van der Waals surface area contributed by atoms with E-state index in [1.165, 1.54) is 23.1 Å². The number of likely N-dealkylation sites (N-methyl/N-ethyl adjacent to an activating group) is 1. The predicted octanol–water partition coefficient (Wildman–Crippen LogP) is 5.36. The molecule has 40 heavy (non-hydrogen) atoms. The van der Waals surface area contributed by atoms with Crippen LogP contribution in [0.3, 0.4) is 0 Å². The van der Waals surface area contributed by atoms with Crippen LogP contribution in [0.25, 0.3) is 0 Å². The van der Waals surface area contributed by atoms with E-state index in [-0.39, 0.29) is 51.8 Å². The first-order valence-electron chi connectivity index (χ1n) is 11.9. The van der Waals surface area contributed by atoms with E-state index in [0.717, 1.165) is 12.1 Å². The lowest BCUT2D eigenvalue weighted by atomic mass is 9.95. The molecule has 1 fully saturated rings. The molecule has 1 unspecified atom stereocenters. The van der Waals surface area contributed by atoms with Crippen molar-refractivity contribution in [3.8, 4) is 0 Å². The zero-order chi connectivity index (χ0) is 28.9. The minimum Gasteiger partial charge on any atom is -0.380 e. The number of nitrogens with zero attached hydrogens (tertiary/aromatic N) is 1. The Bertz CT molecular complexity index is 1560. The Kier molecular flexibility index (Phi) is 6.90. The third-order valence-corrected chi connectivity index (χ3v) is 7.05. The number of alkyl halides is 3. The second-order valence-corrected chi connectivity index (χ2v) is 9.96. The first-order chi connectivity index (χ1) is 18.8. The summed E-state index contributed by atoms with van der Waals surface area (Å²) in [7, 11) is 1.63. The Labute approximate surface area is 229 Å². The molecule has 0 bridgehead atoms. The van der Waals surface area contributed by atoms with E-state index in [1.807, 2.05) is 0 Å². The van der Waals surface area contributed by atoms with Crippen LogP contribution in [-0.2, 0) is 11.0 Å². The van der Waals surface area contributed by atoms with E-state index in [4.69, 9.17) is 11.6 Å². The van der Waals surface area contributed by atoms with Crippen molar-refractivity contribution >= 4 is 40.7 Å². The summed E-state index contributed by atoms with van der Waals surface area (Å²) in [6, 6.07) is 6.53. The van der Waals surface area contributed by atoms with Gasteiger partial charge in [0, 0.05) is 58.7 Å². The van der Waals surface area contributed by atoms with Gasteiger partial charge in [-0.1, -0.05) is 11.6 Å². The number of hydrogen-bond donors (Lipinski definition) is 3. The van der Waals surface area contributed by atoms with Crippen LogP contribution in [0.1, 0.15) is 49.9 Å². The smallest absolute Gasteiger partial charge is 0.380 e. The van der Waals surface area contributed by atoms with E-state index < -0.39 is 46.8 Å². The van der Waals surface area contributed by atoms with Crippen LogP contribution in [0.5, 0.6) is 0 Å². The molecule has 2 heterocycles. The van der Waals surface area contributed by atoms with Gasteiger partial charge in [-0.2, -0.15) is 13.2 Å². The number of amides is 3. The number of hydrogen-bond acceptors (Lipinski definition) is 4. The highest BCUT2D eigenvalue weighted by molar-refractivity contribution is 6.31. The van der Waals surface area contributed by atoms with Gasteiger partial charge >= 0.3 is 6.18 Å². The summed E-state index contributed by atoms with van der Waals surface area (Å²) in [5.74, 6) is -3.66. The first kappa shape index (κ1) is 27.4. The molecule has 0 saturated carbocycles. The topological polar surface area (TPSA) is 90.5 Å². The normalized spacial score (nSPS) is 18.5. The molecule has 3 N–H and O–H groups in total. The third kappa shape index (κ3) is 5.31. The Balaban J connectivity index is 1.59.